The number of benzene rings is 6. The Morgan fingerprint density at radius 2 is 0.863 bits per heavy atom. The molecule has 6 aromatic carbocycles. The minimum atomic E-state index is 0.619. The van der Waals surface area contributed by atoms with Crippen molar-refractivity contribution in [3.05, 3.63) is 176 Å². The van der Waals surface area contributed by atoms with Gasteiger partial charge in [0.25, 0.3) is 0 Å². The Kier molecular flexibility index (Phi) is 7.63. The Hall–Kier alpha value is -6.85. The summed E-state index contributed by atoms with van der Waals surface area (Å²) < 4.78 is 0. The average Bonchev–Trinajstić information content (AvgIpc) is 3.21. The Balaban J connectivity index is 1.20. The Bertz CT molecular complexity index is 2610. The number of rotatable bonds is 6. The van der Waals surface area contributed by atoms with E-state index < -0.39 is 0 Å². The maximum absolute atomic E-state index is 5.09. The highest BCUT2D eigenvalue weighted by Crippen LogP contribution is 2.36. The second kappa shape index (κ2) is 12.9. The van der Waals surface area contributed by atoms with Gasteiger partial charge >= 0.3 is 0 Å². The molecule has 9 aromatic rings. The quantitative estimate of drug-likeness (QED) is 0.167. The first-order valence-corrected chi connectivity index (χ1v) is 17.0. The lowest BCUT2D eigenvalue weighted by Gasteiger charge is -2.13. The fraction of sp³-hybridized carbons (Fsp3) is 0.0217. The molecule has 5 heteroatoms. The number of pyridine rings is 2. The minimum absolute atomic E-state index is 0.619. The summed E-state index contributed by atoms with van der Waals surface area (Å²) in [7, 11) is 0. The summed E-state index contributed by atoms with van der Waals surface area (Å²) >= 11 is 0. The summed E-state index contributed by atoms with van der Waals surface area (Å²) in [4.78, 5) is 24.6. The number of nitrogens with zero attached hydrogens (tertiary/aromatic N) is 5. The van der Waals surface area contributed by atoms with Gasteiger partial charge in [0.1, 0.15) is 0 Å². The van der Waals surface area contributed by atoms with E-state index in [9.17, 15) is 0 Å². The van der Waals surface area contributed by atoms with Crippen molar-refractivity contribution in [3.63, 3.8) is 0 Å². The summed E-state index contributed by atoms with van der Waals surface area (Å²) in [5, 5.41) is 3.30. The summed E-state index contributed by atoms with van der Waals surface area (Å²) in [5.74, 6) is 1.89. The van der Waals surface area contributed by atoms with Crippen molar-refractivity contribution in [1.82, 2.24) is 24.9 Å². The number of fused-ring (bicyclic) bond motifs is 3. The van der Waals surface area contributed by atoms with Crippen LogP contribution in [-0.4, -0.2) is 24.9 Å². The predicted octanol–water partition coefficient (Wildman–Crippen LogP) is 11.3. The van der Waals surface area contributed by atoms with Crippen LogP contribution in [0, 0.1) is 6.92 Å². The highest BCUT2D eigenvalue weighted by atomic mass is 15.0. The highest BCUT2D eigenvalue weighted by molar-refractivity contribution is 6.10. The van der Waals surface area contributed by atoms with E-state index in [0.717, 1.165) is 71.9 Å². The third-order valence-corrected chi connectivity index (χ3v) is 9.27. The molecule has 0 aliphatic rings. The summed E-state index contributed by atoms with van der Waals surface area (Å²) in [5.41, 5.74) is 11.3. The Morgan fingerprint density at radius 3 is 1.49 bits per heavy atom. The van der Waals surface area contributed by atoms with E-state index >= 15 is 0 Å². The molecule has 9 rings (SSSR count). The zero-order valence-corrected chi connectivity index (χ0v) is 27.9. The van der Waals surface area contributed by atoms with Gasteiger partial charge in [-0.25, -0.2) is 19.9 Å². The Labute approximate surface area is 296 Å². The molecule has 0 aliphatic carbocycles. The van der Waals surface area contributed by atoms with Crippen molar-refractivity contribution in [1.29, 1.82) is 0 Å². The van der Waals surface area contributed by atoms with E-state index in [1.165, 1.54) is 5.56 Å². The van der Waals surface area contributed by atoms with Crippen LogP contribution in [0.3, 0.4) is 0 Å². The summed E-state index contributed by atoms with van der Waals surface area (Å²) in [6.45, 7) is 2.11. The molecule has 5 nitrogen and oxygen atoms in total. The lowest BCUT2D eigenvalue weighted by Crippen LogP contribution is -2.00. The van der Waals surface area contributed by atoms with Crippen LogP contribution in [0.4, 0.5) is 0 Å². The van der Waals surface area contributed by atoms with Gasteiger partial charge in [0, 0.05) is 45.4 Å². The van der Waals surface area contributed by atoms with Crippen molar-refractivity contribution >= 4 is 21.7 Å². The number of hydrogen-bond donors (Lipinski definition) is 0. The van der Waals surface area contributed by atoms with E-state index in [-0.39, 0.29) is 0 Å². The molecule has 0 aliphatic heterocycles. The van der Waals surface area contributed by atoms with Gasteiger partial charge in [0.15, 0.2) is 17.5 Å². The molecule has 240 valence electrons. The molecule has 0 saturated carbocycles. The van der Waals surface area contributed by atoms with E-state index in [4.69, 9.17) is 19.9 Å². The summed E-state index contributed by atoms with van der Waals surface area (Å²) in [6, 6.07) is 54.4. The SMILES string of the molecule is Cc1ccc(-c2cc(-c3ccc(-c4nc5ccccc5c5ccncc45)cc3)cc(-c3nc(-c4ccccc4)nc(-c4ccccc4)n3)c2)cc1. The zero-order chi connectivity index (χ0) is 34.1. The molecule has 0 bridgehead atoms. The molecule has 0 N–H and O–H groups in total. The van der Waals surface area contributed by atoms with E-state index in [1.807, 2.05) is 79.1 Å². The first-order valence-electron chi connectivity index (χ1n) is 17.0. The maximum atomic E-state index is 5.09. The van der Waals surface area contributed by atoms with E-state index in [1.54, 1.807) is 0 Å². The van der Waals surface area contributed by atoms with Crippen LogP contribution < -0.4 is 0 Å². The fourth-order valence-corrected chi connectivity index (χ4v) is 6.61. The normalized spacial score (nSPS) is 11.2. The molecule has 51 heavy (non-hydrogen) atoms. The first-order chi connectivity index (χ1) is 25.2. The monoisotopic (exact) mass is 653 g/mol. The van der Waals surface area contributed by atoms with Gasteiger partial charge in [0.2, 0.25) is 0 Å². The first kappa shape index (κ1) is 30.2. The van der Waals surface area contributed by atoms with Crippen LogP contribution in [0.2, 0.25) is 0 Å². The van der Waals surface area contributed by atoms with Crippen molar-refractivity contribution < 1.29 is 0 Å². The molecular formula is C46H31N5. The molecule has 0 amide bonds. The number of para-hydroxylation sites is 1. The highest BCUT2D eigenvalue weighted by Gasteiger charge is 2.16. The standard InChI is InChI=1S/C46H31N5/c1-30-16-18-31(19-17-30)36-26-37(32-20-22-33(23-21-32)43-41-29-47-25-24-39(41)40-14-8-9-15-42(40)48-43)28-38(27-36)46-50-44(34-10-4-2-5-11-34)49-45(51-46)35-12-6-3-7-13-35/h2-29H,1H3. The van der Waals surface area contributed by atoms with Gasteiger partial charge in [0.05, 0.1) is 11.2 Å². The molecular weight excluding hydrogens is 623 g/mol. The second-order valence-electron chi connectivity index (χ2n) is 12.7. The third kappa shape index (κ3) is 5.91. The van der Waals surface area contributed by atoms with Crippen molar-refractivity contribution in [2.24, 2.45) is 0 Å². The predicted molar refractivity (Wildman–Crippen MR) is 208 cm³/mol. The minimum Gasteiger partial charge on any atom is -0.264 e. The number of aryl methyl sites for hydroxylation is 1. The zero-order valence-electron chi connectivity index (χ0n) is 27.9. The average molecular weight is 654 g/mol. The van der Waals surface area contributed by atoms with Crippen LogP contribution in [0.5, 0.6) is 0 Å². The maximum Gasteiger partial charge on any atom is 0.164 e. The molecule has 0 atom stereocenters. The molecule has 0 spiro atoms. The van der Waals surface area contributed by atoms with Crippen LogP contribution in [0.25, 0.3) is 89.4 Å². The third-order valence-electron chi connectivity index (χ3n) is 9.27. The molecule has 3 heterocycles. The fourth-order valence-electron chi connectivity index (χ4n) is 6.61. The topological polar surface area (TPSA) is 64.5 Å². The lowest BCUT2D eigenvalue weighted by molar-refractivity contribution is 1.07. The molecule has 3 aromatic heterocycles. The van der Waals surface area contributed by atoms with Gasteiger partial charge in [-0.15, -0.1) is 0 Å². The van der Waals surface area contributed by atoms with Gasteiger partial charge in [-0.05, 0) is 64.9 Å². The molecule has 0 saturated heterocycles. The number of aromatic nitrogens is 5. The Morgan fingerprint density at radius 1 is 0.353 bits per heavy atom. The summed E-state index contributed by atoms with van der Waals surface area (Å²) in [6.07, 6.45) is 3.76. The second-order valence-corrected chi connectivity index (χ2v) is 12.7. The van der Waals surface area contributed by atoms with Crippen molar-refractivity contribution in [2.75, 3.05) is 0 Å². The van der Waals surface area contributed by atoms with E-state index in [2.05, 4.69) is 103 Å². The van der Waals surface area contributed by atoms with Gasteiger partial charge in [-0.1, -0.05) is 133 Å². The van der Waals surface area contributed by atoms with Gasteiger partial charge in [-0.2, -0.15) is 0 Å². The van der Waals surface area contributed by atoms with Crippen LogP contribution >= 0.6 is 0 Å². The lowest BCUT2D eigenvalue weighted by atomic mass is 9.94. The van der Waals surface area contributed by atoms with Crippen LogP contribution in [0.15, 0.2) is 170 Å². The van der Waals surface area contributed by atoms with Gasteiger partial charge < -0.3 is 0 Å². The van der Waals surface area contributed by atoms with Crippen LogP contribution in [-0.2, 0) is 0 Å². The smallest absolute Gasteiger partial charge is 0.164 e. The number of hydrogen-bond acceptors (Lipinski definition) is 5. The van der Waals surface area contributed by atoms with Crippen LogP contribution in [0.1, 0.15) is 5.56 Å². The molecule has 0 radical (unpaired) electrons. The van der Waals surface area contributed by atoms with Gasteiger partial charge in [-0.3, -0.25) is 4.98 Å². The largest absolute Gasteiger partial charge is 0.264 e. The van der Waals surface area contributed by atoms with Crippen molar-refractivity contribution in [2.45, 2.75) is 6.92 Å². The van der Waals surface area contributed by atoms with E-state index in [0.29, 0.717) is 17.5 Å². The molecule has 0 fully saturated rings. The molecule has 0 unspecified atom stereocenters. The van der Waals surface area contributed by atoms with Crippen molar-refractivity contribution in [3.8, 4) is 67.7 Å².